The zero-order valence-electron chi connectivity index (χ0n) is 5.70. The molecule has 1 rings (SSSR count). The van der Waals surface area contributed by atoms with E-state index in [1.807, 2.05) is 0 Å². The number of benzene rings is 1. The fraction of sp³-hybridized carbons (Fsp3) is 0. The monoisotopic (exact) mass is 149 g/mol. The van der Waals surface area contributed by atoms with E-state index in [0.717, 1.165) is 0 Å². The third-order valence-corrected chi connectivity index (χ3v) is 1.32. The van der Waals surface area contributed by atoms with Crippen LogP contribution >= 0.6 is 0 Å². The summed E-state index contributed by atoms with van der Waals surface area (Å²) in [7, 11) is 0. The highest BCUT2D eigenvalue weighted by Gasteiger charge is 2.02. The van der Waals surface area contributed by atoms with E-state index in [4.69, 9.17) is 21.8 Å². The summed E-state index contributed by atoms with van der Waals surface area (Å²) in [6.07, 6.45) is 0. The lowest BCUT2D eigenvalue weighted by Gasteiger charge is -2.01. The van der Waals surface area contributed by atoms with E-state index < -0.39 is 0 Å². The molecule has 56 valence electrons. The molecule has 0 radical (unpaired) electrons. The highest BCUT2D eigenvalue weighted by atomic mass is 16.3. The summed E-state index contributed by atoms with van der Waals surface area (Å²) < 4.78 is 0. The molecule has 0 unspecified atom stereocenters. The third-order valence-electron chi connectivity index (χ3n) is 1.32. The molecule has 4 heteroatoms. The first-order valence-corrected chi connectivity index (χ1v) is 2.93. The average molecular weight is 149 g/mol. The number of nitrogens with two attached hydrogens (primary N) is 2. The maximum Gasteiger partial charge on any atom is 0.135 e. The topological polar surface area (TPSA) is 96.1 Å². The minimum Gasteiger partial charge on any atom is -0.506 e. The minimum absolute atomic E-state index is 0.136. The molecular weight excluding hydrogens is 142 g/mol. The van der Waals surface area contributed by atoms with Gasteiger partial charge in [0, 0.05) is 6.07 Å². The van der Waals surface area contributed by atoms with Gasteiger partial charge in [-0.3, -0.25) is 0 Å². The van der Waals surface area contributed by atoms with Crippen molar-refractivity contribution in [2.75, 3.05) is 11.5 Å². The summed E-state index contributed by atoms with van der Waals surface area (Å²) in [5.74, 6) is -0.140. The summed E-state index contributed by atoms with van der Waals surface area (Å²) in [5, 5.41) is 17.5. The predicted molar refractivity (Wildman–Crippen MR) is 41.6 cm³/mol. The third kappa shape index (κ3) is 1.17. The smallest absolute Gasteiger partial charge is 0.135 e. The van der Waals surface area contributed by atoms with Crippen LogP contribution in [0.4, 0.5) is 11.4 Å². The van der Waals surface area contributed by atoms with Crippen molar-refractivity contribution < 1.29 is 5.11 Å². The van der Waals surface area contributed by atoms with Crippen LogP contribution in [0.15, 0.2) is 12.1 Å². The van der Waals surface area contributed by atoms with E-state index >= 15 is 0 Å². The zero-order valence-corrected chi connectivity index (χ0v) is 5.70. The van der Waals surface area contributed by atoms with Crippen LogP contribution in [0.3, 0.4) is 0 Å². The number of anilines is 2. The van der Waals surface area contributed by atoms with Crippen molar-refractivity contribution in [3.05, 3.63) is 17.7 Å². The molecule has 0 atom stereocenters. The van der Waals surface area contributed by atoms with E-state index in [2.05, 4.69) is 0 Å². The van der Waals surface area contributed by atoms with Gasteiger partial charge in [0.25, 0.3) is 0 Å². The molecule has 0 aliphatic heterocycles. The van der Waals surface area contributed by atoms with Crippen LogP contribution in [-0.2, 0) is 0 Å². The molecule has 5 N–H and O–H groups in total. The van der Waals surface area contributed by atoms with E-state index in [1.165, 1.54) is 12.1 Å². The van der Waals surface area contributed by atoms with Crippen molar-refractivity contribution in [2.24, 2.45) is 0 Å². The van der Waals surface area contributed by atoms with E-state index in [-0.39, 0.29) is 17.0 Å². The lowest BCUT2D eigenvalue weighted by atomic mass is 10.2. The van der Waals surface area contributed by atoms with Crippen molar-refractivity contribution in [3.63, 3.8) is 0 Å². The van der Waals surface area contributed by atoms with Crippen LogP contribution in [0.25, 0.3) is 0 Å². The number of hydrogen-bond acceptors (Lipinski definition) is 4. The predicted octanol–water partition coefficient (Wildman–Crippen LogP) is 0.428. The Kier molecular flexibility index (Phi) is 1.57. The normalized spacial score (nSPS) is 9.00. The molecule has 0 aliphatic carbocycles. The first-order valence-electron chi connectivity index (χ1n) is 2.93. The maximum atomic E-state index is 9.06. The Hall–Kier alpha value is -1.89. The first kappa shape index (κ1) is 7.22. The largest absolute Gasteiger partial charge is 0.506 e. The molecular formula is C7H7N3O. The summed E-state index contributed by atoms with van der Waals surface area (Å²) in [5.41, 5.74) is 11.4. The van der Waals surface area contributed by atoms with Gasteiger partial charge in [0.15, 0.2) is 0 Å². The van der Waals surface area contributed by atoms with Gasteiger partial charge in [0.1, 0.15) is 11.8 Å². The molecule has 0 bridgehead atoms. The number of nitrogens with zero attached hydrogens (tertiary/aromatic N) is 1. The van der Waals surface area contributed by atoms with Crippen LogP contribution in [0.2, 0.25) is 0 Å². The van der Waals surface area contributed by atoms with Crippen molar-refractivity contribution in [3.8, 4) is 11.8 Å². The molecule has 1 aromatic carbocycles. The van der Waals surface area contributed by atoms with Crippen molar-refractivity contribution in [1.82, 2.24) is 0 Å². The number of rotatable bonds is 0. The number of phenols is 1. The van der Waals surface area contributed by atoms with Gasteiger partial charge in [-0.05, 0) is 6.07 Å². The van der Waals surface area contributed by atoms with Crippen LogP contribution in [0.1, 0.15) is 5.56 Å². The van der Waals surface area contributed by atoms with Crippen LogP contribution in [0.5, 0.6) is 5.75 Å². The van der Waals surface area contributed by atoms with Crippen LogP contribution in [0, 0.1) is 11.3 Å². The summed E-state index contributed by atoms with van der Waals surface area (Å²) in [4.78, 5) is 0. The Balaban J connectivity index is 3.35. The van der Waals surface area contributed by atoms with Crippen LogP contribution in [-0.4, -0.2) is 5.11 Å². The quantitative estimate of drug-likeness (QED) is 0.368. The van der Waals surface area contributed by atoms with Crippen LogP contribution < -0.4 is 11.5 Å². The second-order valence-electron chi connectivity index (χ2n) is 2.11. The molecule has 0 aliphatic rings. The lowest BCUT2D eigenvalue weighted by molar-refractivity contribution is 0.474. The SMILES string of the molecule is N#Cc1cc(N)c(N)cc1O. The molecule has 0 spiro atoms. The van der Waals surface area contributed by atoms with Crippen molar-refractivity contribution in [2.45, 2.75) is 0 Å². The molecule has 11 heavy (non-hydrogen) atoms. The fourth-order valence-corrected chi connectivity index (χ4v) is 0.711. The van der Waals surface area contributed by atoms with Gasteiger partial charge in [0.05, 0.1) is 16.9 Å². The lowest BCUT2D eigenvalue weighted by Crippen LogP contribution is -1.94. The minimum atomic E-state index is -0.140. The molecule has 0 heterocycles. The Labute approximate surface area is 63.7 Å². The summed E-state index contributed by atoms with van der Waals surface area (Å²) in [6.45, 7) is 0. The average Bonchev–Trinajstić information content (AvgIpc) is 1.97. The van der Waals surface area contributed by atoms with Crippen molar-refractivity contribution >= 4 is 11.4 Å². The van der Waals surface area contributed by atoms with Gasteiger partial charge >= 0.3 is 0 Å². The van der Waals surface area contributed by atoms with Crippen molar-refractivity contribution in [1.29, 1.82) is 5.26 Å². The van der Waals surface area contributed by atoms with Gasteiger partial charge in [-0.2, -0.15) is 5.26 Å². The van der Waals surface area contributed by atoms with E-state index in [0.29, 0.717) is 5.69 Å². The fourth-order valence-electron chi connectivity index (χ4n) is 0.711. The molecule has 0 amide bonds. The Morgan fingerprint density at radius 2 is 1.82 bits per heavy atom. The maximum absolute atomic E-state index is 9.06. The van der Waals surface area contributed by atoms with Gasteiger partial charge in [-0.15, -0.1) is 0 Å². The first-order chi connectivity index (χ1) is 5.15. The molecule has 1 aromatic rings. The van der Waals surface area contributed by atoms with Gasteiger partial charge in [-0.25, -0.2) is 0 Å². The molecule has 0 fully saturated rings. The van der Waals surface area contributed by atoms with Gasteiger partial charge in [-0.1, -0.05) is 0 Å². The van der Waals surface area contributed by atoms with Gasteiger partial charge in [0.2, 0.25) is 0 Å². The number of nitriles is 1. The second kappa shape index (κ2) is 2.39. The van der Waals surface area contributed by atoms with E-state index in [1.54, 1.807) is 6.07 Å². The van der Waals surface area contributed by atoms with Gasteiger partial charge < -0.3 is 16.6 Å². The Morgan fingerprint density at radius 1 is 1.27 bits per heavy atom. The second-order valence-corrected chi connectivity index (χ2v) is 2.11. The van der Waals surface area contributed by atoms with E-state index in [9.17, 15) is 0 Å². The molecule has 0 saturated carbocycles. The molecule has 0 saturated heterocycles. The highest BCUT2D eigenvalue weighted by Crippen LogP contribution is 2.24. The number of nitrogen functional groups attached to an aromatic ring is 2. The zero-order chi connectivity index (χ0) is 8.43. The number of phenolic OH excluding ortho intramolecular Hbond substituents is 1. The molecule has 0 aromatic heterocycles. The highest BCUT2D eigenvalue weighted by molar-refractivity contribution is 5.69. The summed E-state index contributed by atoms with van der Waals surface area (Å²) in [6, 6.07) is 4.37. The summed E-state index contributed by atoms with van der Waals surface area (Å²) >= 11 is 0. The Morgan fingerprint density at radius 3 is 2.36 bits per heavy atom. The standard InChI is InChI=1S/C7H7N3O/c8-3-4-1-5(9)6(10)2-7(4)11/h1-2,11H,9-10H2. The molecule has 4 nitrogen and oxygen atoms in total. The number of aromatic hydroxyl groups is 1. The Bertz CT molecular complexity index is 327. The number of hydrogen-bond donors (Lipinski definition) is 3.